The molecular formula is C13H14FN3O2. The highest BCUT2D eigenvalue weighted by atomic mass is 19.1. The Hall–Kier alpha value is -2.21. The SMILES string of the molecule is COCCc1ccc(Oc2nc(N)ncc2F)cc1. The van der Waals surface area contributed by atoms with Crippen LogP contribution in [-0.2, 0) is 11.2 Å². The number of benzene rings is 1. The summed E-state index contributed by atoms with van der Waals surface area (Å²) in [5.74, 6) is -0.388. The average Bonchev–Trinajstić information content (AvgIpc) is 2.42. The van der Waals surface area contributed by atoms with Crippen molar-refractivity contribution in [2.45, 2.75) is 6.42 Å². The fourth-order valence-electron chi connectivity index (χ4n) is 1.49. The van der Waals surface area contributed by atoms with Crippen LogP contribution in [-0.4, -0.2) is 23.7 Å². The Kier molecular flexibility index (Phi) is 4.25. The summed E-state index contributed by atoms with van der Waals surface area (Å²) in [6.07, 6.45) is 1.79. The van der Waals surface area contributed by atoms with Crippen molar-refractivity contribution in [3.05, 3.63) is 41.8 Å². The normalized spacial score (nSPS) is 10.4. The summed E-state index contributed by atoms with van der Waals surface area (Å²) in [4.78, 5) is 7.22. The van der Waals surface area contributed by atoms with E-state index in [0.717, 1.165) is 18.2 Å². The fraction of sp³-hybridized carbons (Fsp3) is 0.231. The summed E-state index contributed by atoms with van der Waals surface area (Å²) in [6.45, 7) is 0.650. The molecule has 1 heterocycles. The molecule has 100 valence electrons. The van der Waals surface area contributed by atoms with E-state index in [0.29, 0.717) is 12.4 Å². The van der Waals surface area contributed by atoms with E-state index < -0.39 is 5.82 Å². The van der Waals surface area contributed by atoms with E-state index in [1.54, 1.807) is 19.2 Å². The summed E-state index contributed by atoms with van der Waals surface area (Å²) >= 11 is 0. The van der Waals surface area contributed by atoms with Gasteiger partial charge in [0, 0.05) is 7.11 Å². The van der Waals surface area contributed by atoms with E-state index in [1.165, 1.54) is 0 Å². The molecule has 0 radical (unpaired) electrons. The number of halogens is 1. The van der Waals surface area contributed by atoms with Crippen LogP contribution < -0.4 is 10.5 Å². The molecule has 5 nitrogen and oxygen atoms in total. The van der Waals surface area contributed by atoms with Gasteiger partial charge in [-0.2, -0.15) is 9.37 Å². The van der Waals surface area contributed by atoms with Gasteiger partial charge in [-0.1, -0.05) is 12.1 Å². The summed E-state index contributed by atoms with van der Waals surface area (Å²) < 4.78 is 23.7. The molecule has 0 spiro atoms. The number of nitrogens with two attached hydrogens (primary N) is 1. The van der Waals surface area contributed by atoms with Gasteiger partial charge in [0.15, 0.2) is 0 Å². The van der Waals surface area contributed by atoms with Crippen LogP contribution in [0, 0.1) is 5.82 Å². The molecule has 0 bridgehead atoms. The largest absolute Gasteiger partial charge is 0.436 e. The first-order valence-corrected chi connectivity index (χ1v) is 5.73. The summed E-state index contributed by atoms with van der Waals surface area (Å²) in [6, 6.07) is 7.25. The van der Waals surface area contributed by atoms with Crippen LogP contribution in [0.15, 0.2) is 30.5 Å². The number of ether oxygens (including phenoxy) is 2. The second-order valence-corrected chi connectivity index (χ2v) is 3.87. The third kappa shape index (κ3) is 3.62. The molecule has 19 heavy (non-hydrogen) atoms. The van der Waals surface area contributed by atoms with Crippen LogP contribution >= 0.6 is 0 Å². The Morgan fingerprint density at radius 2 is 2.00 bits per heavy atom. The molecule has 0 atom stereocenters. The lowest BCUT2D eigenvalue weighted by Crippen LogP contribution is -1.99. The maximum Gasteiger partial charge on any atom is 0.260 e. The molecule has 1 aromatic carbocycles. The molecule has 6 heteroatoms. The first-order valence-electron chi connectivity index (χ1n) is 5.73. The monoisotopic (exact) mass is 263 g/mol. The summed E-state index contributed by atoms with van der Waals surface area (Å²) in [5.41, 5.74) is 6.49. The van der Waals surface area contributed by atoms with Gasteiger partial charge in [0.2, 0.25) is 11.8 Å². The maximum atomic E-state index is 13.4. The second kappa shape index (κ2) is 6.10. The molecule has 0 unspecified atom stereocenters. The van der Waals surface area contributed by atoms with E-state index in [2.05, 4.69) is 9.97 Å². The van der Waals surface area contributed by atoms with E-state index in [1.807, 2.05) is 12.1 Å². The van der Waals surface area contributed by atoms with E-state index in [9.17, 15) is 4.39 Å². The summed E-state index contributed by atoms with van der Waals surface area (Å²) in [7, 11) is 1.65. The van der Waals surface area contributed by atoms with Crippen molar-refractivity contribution >= 4 is 5.95 Å². The average molecular weight is 263 g/mol. The Balaban J connectivity index is 2.08. The Morgan fingerprint density at radius 3 is 2.68 bits per heavy atom. The molecular weight excluding hydrogens is 249 g/mol. The predicted octanol–water partition coefficient (Wildman–Crippen LogP) is 2.18. The predicted molar refractivity (Wildman–Crippen MR) is 68.5 cm³/mol. The van der Waals surface area contributed by atoms with Crippen LogP contribution in [0.4, 0.5) is 10.3 Å². The van der Waals surface area contributed by atoms with Crippen molar-refractivity contribution < 1.29 is 13.9 Å². The van der Waals surface area contributed by atoms with Gasteiger partial charge in [-0.3, -0.25) is 0 Å². The second-order valence-electron chi connectivity index (χ2n) is 3.87. The van der Waals surface area contributed by atoms with E-state index in [4.69, 9.17) is 15.2 Å². The molecule has 0 aliphatic heterocycles. The molecule has 0 amide bonds. The van der Waals surface area contributed by atoms with Crippen molar-refractivity contribution in [2.75, 3.05) is 19.5 Å². The van der Waals surface area contributed by atoms with Crippen molar-refractivity contribution in [1.29, 1.82) is 0 Å². The number of methoxy groups -OCH3 is 1. The first kappa shape index (κ1) is 13.2. The minimum Gasteiger partial charge on any atom is -0.436 e. The zero-order valence-corrected chi connectivity index (χ0v) is 10.5. The number of nitrogens with zero attached hydrogens (tertiary/aromatic N) is 2. The lowest BCUT2D eigenvalue weighted by Gasteiger charge is -2.07. The standard InChI is InChI=1S/C13H14FN3O2/c1-18-7-6-9-2-4-10(5-3-9)19-12-11(14)8-16-13(15)17-12/h2-5,8H,6-7H2,1H3,(H2,15,16,17). The zero-order chi connectivity index (χ0) is 13.7. The number of rotatable bonds is 5. The Morgan fingerprint density at radius 1 is 1.26 bits per heavy atom. The topological polar surface area (TPSA) is 70.3 Å². The fourth-order valence-corrected chi connectivity index (χ4v) is 1.49. The van der Waals surface area contributed by atoms with E-state index in [-0.39, 0.29) is 11.8 Å². The third-order valence-electron chi connectivity index (χ3n) is 2.46. The van der Waals surface area contributed by atoms with Gasteiger partial charge in [0.1, 0.15) is 5.75 Å². The van der Waals surface area contributed by atoms with Gasteiger partial charge in [-0.05, 0) is 24.1 Å². The Labute approximate surface area is 110 Å². The Bertz CT molecular complexity index is 546. The van der Waals surface area contributed by atoms with Crippen LogP contribution in [0.3, 0.4) is 0 Å². The van der Waals surface area contributed by atoms with Gasteiger partial charge < -0.3 is 15.2 Å². The molecule has 0 aliphatic rings. The molecule has 0 aliphatic carbocycles. The highest BCUT2D eigenvalue weighted by molar-refractivity contribution is 5.32. The highest BCUT2D eigenvalue weighted by Crippen LogP contribution is 2.22. The van der Waals surface area contributed by atoms with Crippen LogP contribution in [0.5, 0.6) is 11.6 Å². The molecule has 0 saturated carbocycles. The minimum atomic E-state index is -0.655. The molecule has 2 rings (SSSR count). The van der Waals surface area contributed by atoms with Crippen LogP contribution in [0.2, 0.25) is 0 Å². The molecule has 0 fully saturated rings. The summed E-state index contributed by atoms with van der Waals surface area (Å²) in [5, 5.41) is 0. The van der Waals surface area contributed by atoms with Crippen molar-refractivity contribution in [3.63, 3.8) is 0 Å². The van der Waals surface area contributed by atoms with Gasteiger partial charge in [-0.25, -0.2) is 4.98 Å². The number of nitrogen functional groups attached to an aromatic ring is 1. The van der Waals surface area contributed by atoms with Gasteiger partial charge >= 0.3 is 0 Å². The lowest BCUT2D eigenvalue weighted by molar-refractivity contribution is 0.202. The van der Waals surface area contributed by atoms with Crippen molar-refractivity contribution in [1.82, 2.24) is 9.97 Å². The van der Waals surface area contributed by atoms with Crippen LogP contribution in [0.25, 0.3) is 0 Å². The van der Waals surface area contributed by atoms with Crippen molar-refractivity contribution in [3.8, 4) is 11.6 Å². The zero-order valence-electron chi connectivity index (χ0n) is 10.5. The minimum absolute atomic E-state index is 0.0342. The third-order valence-corrected chi connectivity index (χ3v) is 2.46. The number of hydrogen-bond acceptors (Lipinski definition) is 5. The quantitative estimate of drug-likeness (QED) is 0.895. The van der Waals surface area contributed by atoms with Gasteiger partial charge in [0.25, 0.3) is 5.88 Å². The first-order chi connectivity index (χ1) is 9.19. The van der Waals surface area contributed by atoms with E-state index >= 15 is 0 Å². The number of hydrogen-bond donors (Lipinski definition) is 1. The van der Waals surface area contributed by atoms with Crippen molar-refractivity contribution in [2.24, 2.45) is 0 Å². The molecule has 2 N–H and O–H groups in total. The molecule has 2 aromatic rings. The van der Waals surface area contributed by atoms with Gasteiger partial charge in [-0.15, -0.1) is 0 Å². The van der Waals surface area contributed by atoms with Gasteiger partial charge in [0.05, 0.1) is 12.8 Å². The number of anilines is 1. The highest BCUT2D eigenvalue weighted by Gasteiger charge is 2.08. The number of aromatic nitrogens is 2. The lowest BCUT2D eigenvalue weighted by atomic mass is 10.1. The smallest absolute Gasteiger partial charge is 0.260 e. The molecule has 0 saturated heterocycles. The van der Waals surface area contributed by atoms with Crippen LogP contribution in [0.1, 0.15) is 5.56 Å². The molecule has 1 aromatic heterocycles. The maximum absolute atomic E-state index is 13.4.